The molecule has 0 saturated heterocycles. The van der Waals surface area contributed by atoms with E-state index >= 15 is 0 Å². The quantitative estimate of drug-likeness (QED) is 0.310. The number of carbonyl (C=O) groups is 2. The maximum Gasteiger partial charge on any atom is 0.288 e. The van der Waals surface area contributed by atoms with E-state index in [0.717, 1.165) is 11.3 Å². The number of thiol groups is 1. The Morgan fingerprint density at radius 2 is 1.84 bits per heavy atom. The fourth-order valence-corrected chi connectivity index (χ4v) is 4.38. The van der Waals surface area contributed by atoms with Crippen molar-refractivity contribution in [3.05, 3.63) is 51.7 Å². The molecule has 25 heavy (non-hydrogen) atoms. The summed E-state index contributed by atoms with van der Waals surface area (Å²) in [7, 11) is 0. The first-order valence-corrected chi connectivity index (χ1v) is 9.04. The van der Waals surface area contributed by atoms with E-state index in [0.29, 0.717) is 19.7 Å². The molecule has 2 amide bonds. The molecule has 2 aromatic carbocycles. The van der Waals surface area contributed by atoms with Crippen LogP contribution in [0.15, 0.2) is 40.0 Å². The molecule has 0 saturated carbocycles. The third-order valence-electron chi connectivity index (χ3n) is 3.77. The molecule has 1 aliphatic heterocycles. The molecular formula is C15H6NO6S3-. The summed E-state index contributed by atoms with van der Waals surface area (Å²) >= 11 is 2.30. The van der Waals surface area contributed by atoms with Gasteiger partial charge in [0.1, 0.15) is 11.4 Å². The molecule has 1 aliphatic rings. The number of carbonyl (C=O) groups excluding carboxylic acids is 2. The van der Waals surface area contributed by atoms with Gasteiger partial charge in [0.15, 0.2) is 5.43 Å². The standard InChI is InChI=1S/C15H7NO6S3/c17-12-8-3-2-7-11(15(19)16(14(7)18)22-25(20)21)13(8)24-10-4-1-6(23)5-9(10)12/h1-5,23H,(H,20,21)/p-1. The minimum atomic E-state index is -3.08. The van der Waals surface area contributed by atoms with Crippen molar-refractivity contribution in [2.75, 3.05) is 0 Å². The third kappa shape index (κ3) is 2.41. The van der Waals surface area contributed by atoms with Gasteiger partial charge in [-0.1, -0.05) is 0 Å². The van der Waals surface area contributed by atoms with Gasteiger partial charge in [-0.25, -0.2) is 4.21 Å². The van der Waals surface area contributed by atoms with Crippen molar-refractivity contribution in [2.24, 2.45) is 0 Å². The molecule has 4 rings (SSSR count). The zero-order chi connectivity index (χ0) is 17.9. The van der Waals surface area contributed by atoms with E-state index in [1.165, 1.54) is 12.1 Å². The first-order chi connectivity index (χ1) is 11.9. The van der Waals surface area contributed by atoms with Crippen molar-refractivity contribution >= 4 is 67.3 Å². The lowest BCUT2D eigenvalue weighted by molar-refractivity contribution is -0.0117. The van der Waals surface area contributed by atoms with Crippen molar-refractivity contribution in [1.82, 2.24) is 5.06 Å². The lowest BCUT2D eigenvalue weighted by atomic mass is 10.1. The van der Waals surface area contributed by atoms with Crippen LogP contribution < -0.4 is 5.43 Å². The van der Waals surface area contributed by atoms with E-state index in [9.17, 15) is 23.1 Å². The number of fused-ring (bicyclic) bond motifs is 4. The van der Waals surface area contributed by atoms with Crippen LogP contribution in [-0.4, -0.2) is 25.6 Å². The van der Waals surface area contributed by atoms with Gasteiger partial charge in [-0.3, -0.25) is 14.4 Å². The van der Waals surface area contributed by atoms with Gasteiger partial charge in [0.2, 0.25) is 0 Å². The van der Waals surface area contributed by atoms with Crippen LogP contribution in [-0.2, 0) is 15.6 Å². The summed E-state index contributed by atoms with van der Waals surface area (Å²) in [6.45, 7) is 0. The van der Waals surface area contributed by atoms with E-state index in [2.05, 4.69) is 16.9 Å². The SMILES string of the molecule is O=C1c2ccc3c(=O)c4cc(S)ccc4sc3c2C(=O)N1OS(=O)[O-]. The Morgan fingerprint density at radius 1 is 1.08 bits per heavy atom. The topological polar surface area (TPSA) is 104 Å². The Labute approximate surface area is 151 Å². The summed E-state index contributed by atoms with van der Waals surface area (Å²) in [6.07, 6.45) is 0. The second-order valence-corrected chi connectivity index (χ2v) is 7.29. The minimum Gasteiger partial charge on any atom is -0.748 e. The number of benzene rings is 2. The van der Waals surface area contributed by atoms with E-state index in [1.807, 2.05) is 0 Å². The summed E-state index contributed by atoms with van der Waals surface area (Å²) in [5.74, 6) is -1.81. The molecule has 0 fully saturated rings. The molecule has 10 heteroatoms. The van der Waals surface area contributed by atoms with Crippen LogP contribution in [0.4, 0.5) is 0 Å². The van der Waals surface area contributed by atoms with E-state index < -0.39 is 23.2 Å². The molecule has 2 heterocycles. The number of imide groups is 1. The van der Waals surface area contributed by atoms with Crippen LogP contribution in [0.2, 0.25) is 0 Å². The van der Waals surface area contributed by atoms with Crippen molar-refractivity contribution in [3.63, 3.8) is 0 Å². The van der Waals surface area contributed by atoms with Crippen LogP contribution in [0.3, 0.4) is 0 Å². The maximum absolute atomic E-state index is 12.7. The molecule has 126 valence electrons. The molecule has 1 aromatic heterocycles. The zero-order valence-electron chi connectivity index (χ0n) is 12.0. The molecule has 7 nitrogen and oxygen atoms in total. The van der Waals surface area contributed by atoms with Gasteiger partial charge in [0.25, 0.3) is 11.8 Å². The van der Waals surface area contributed by atoms with Crippen LogP contribution in [0.5, 0.6) is 0 Å². The summed E-state index contributed by atoms with van der Waals surface area (Å²) < 4.78 is 26.6. The molecule has 0 N–H and O–H groups in total. The van der Waals surface area contributed by atoms with Gasteiger partial charge in [0, 0.05) is 20.4 Å². The normalized spacial score (nSPS) is 15.2. The summed E-state index contributed by atoms with van der Waals surface area (Å²) in [4.78, 5) is 38.0. The number of rotatable bonds is 2. The number of hydroxylamine groups is 2. The van der Waals surface area contributed by atoms with Crippen LogP contribution in [0.25, 0.3) is 20.2 Å². The third-order valence-corrected chi connectivity index (χ3v) is 5.52. The molecule has 0 aliphatic carbocycles. The summed E-state index contributed by atoms with van der Waals surface area (Å²) in [5.41, 5.74) is -0.342. The lowest BCUT2D eigenvalue weighted by Crippen LogP contribution is -2.30. The highest BCUT2D eigenvalue weighted by atomic mass is 32.2. The van der Waals surface area contributed by atoms with E-state index in [1.54, 1.807) is 18.2 Å². The average molecular weight is 392 g/mol. The Bertz CT molecular complexity index is 1190. The fourth-order valence-electron chi connectivity index (χ4n) is 2.73. The number of amides is 2. The van der Waals surface area contributed by atoms with E-state index in [-0.39, 0.29) is 27.0 Å². The van der Waals surface area contributed by atoms with Gasteiger partial charge in [0.05, 0.1) is 15.8 Å². The van der Waals surface area contributed by atoms with Crippen LogP contribution >= 0.6 is 24.0 Å². The molecule has 1 atom stereocenters. The predicted molar refractivity (Wildman–Crippen MR) is 93.4 cm³/mol. The van der Waals surface area contributed by atoms with Crippen molar-refractivity contribution < 1.29 is 22.6 Å². The maximum atomic E-state index is 12.7. The number of hydrogen-bond donors (Lipinski definition) is 1. The smallest absolute Gasteiger partial charge is 0.288 e. The second kappa shape index (κ2) is 5.71. The molecular weight excluding hydrogens is 386 g/mol. The Balaban J connectivity index is 2.06. The number of nitrogens with zero attached hydrogens (tertiary/aromatic N) is 1. The van der Waals surface area contributed by atoms with Crippen LogP contribution in [0.1, 0.15) is 20.7 Å². The van der Waals surface area contributed by atoms with Gasteiger partial charge < -0.3 is 4.55 Å². The highest BCUT2D eigenvalue weighted by Gasteiger charge is 2.39. The van der Waals surface area contributed by atoms with Crippen molar-refractivity contribution in [1.29, 1.82) is 0 Å². The molecule has 1 unspecified atom stereocenters. The highest BCUT2D eigenvalue weighted by molar-refractivity contribution is 7.80. The van der Waals surface area contributed by atoms with Gasteiger partial charge in [-0.05, 0) is 30.3 Å². The summed E-state index contributed by atoms with van der Waals surface area (Å²) in [5, 5.41) is 0.891. The van der Waals surface area contributed by atoms with E-state index in [4.69, 9.17) is 0 Å². The largest absolute Gasteiger partial charge is 0.748 e. The first-order valence-electron chi connectivity index (χ1n) is 6.77. The Kier molecular flexibility index (Phi) is 3.74. The molecule has 0 radical (unpaired) electrons. The van der Waals surface area contributed by atoms with Crippen molar-refractivity contribution in [3.8, 4) is 0 Å². The average Bonchev–Trinajstić information content (AvgIpc) is 2.80. The summed E-state index contributed by atoms with van der Waals surface area (Å²) in [6, 6.07) is 7.80. The predicted octanol–water partition coefficient (Wildman–Crippen LogP) is 2.03. The second-order valence-electron chi connectivity index (χ2n) is 5.16. The van der Waals surface area contributed by atoms with Gasteiger partial charge in [-0.15, -0.1) is 29.0 Å². The monoisotopic (exact) mass is 392 g/mol. The Hall–Kier alpha value is -2.11. The Morgan fingerprint density at radius 3 is 2.56 bits per heavy atom. The highest BCUT2D eigenvalue weighted by Crippen LogP contribution is 2.34. The zero-order valence-corrected chi connectivity index (χ0v) is 14.6. The number of hydrogen-bond acceptors (Lipinski definition) is 8. The van der Waals surface area contributed by atoms with Crippen molar-refractivity contribution in [2.45, 2.75) is 4.90 Å². The fraction of sp³-hybridized carbons (Fsp3) is 0. The van der Waals surface area contributed by atoms with Gasteiger partial charge in [-0.2, -0.15) is 4.28 Å². The molecule has 0 bridgehead atoms. The van der Waals surface area contributed by atoms with Gasteiger partial charge >= 0.3 is 0 Å². The molecule has 3 aromatic rings. The minimum absolute atomic E-state index is 0.0104. The van der Waals surface area contributed by atoms with Crippen LogP contribution in [0, 0.1) is 0 Å². The first kappa shape index (κ1) is 16.4. The molecule has 0 spiro atoms. The lowest BCUT2D eigenvalue weighted by Gasteiger charge is -2.13.